The van der Waals surface area contributed by atoms with Gasteiger partial charge in [0.2, 0.25) is 0 Å². The van der Waals surface area contributed by atoms with Crippen LogP contribution < -0.4 is 0 Å². The van der Waals surface area contributed by atoms with Gasteiger partial charge in [-0.2, -0.15) is 5.10 Å². The Labute approximate surface area is 159 Å². The Balaban J connectivity index is 1.42. The van der Waals surface area contributed by atoms with E-state index in [1.54, 1.807) is 0 Å². The Hall–Kier alpha value is -1.92. The Kier molecular flexibility index (Phi) is 4.40. The van der Waals surface area contributed by atoms with E-state index in [4.69, 9.17) is 4.74 Å². The van der Waals surface area contributed by atoms with Crippen LogP contribution in [-0.4, -0.2) is 71.8 Å². The van der Waals surface area contributed by atoms with E-state index in [0.29, 0.717) is 23.6 Å². The summed E-state index contributed by atoms with van der Waals surface area (Å²) in [6, 6.07) is 6.72. The monoisotopic (exact) mass is 368 g/mol. The molecule has 1 N–H and O–H groups in total. The fourth-order valence-corrected chi connectivity index (χ4v) is 5.17. The van der Waals surface area contributed by atoms with Gasteiger partial charge in [-0.15, -0.1) is 0 Å². The molecule has 1 atom stereocenters. The molecule has 4 aliphatic heterocycles. The third kappa shape index (κ3) is 3.05. The molecular weight excluding hydrogens is 340 g/mol. The van der Waals surface area contributed by atoms with Gasteiger partial charge in [-0.1, -0.05) is 6.07 Å². The molecule has 1 unspecified atom stereocenters. The molecule has 27 heavy (non-hydrogen) atoms. The smallest absolute Gasteiger partial charge is 0.275 e. The zero-order valence-corrected chi connectivity index (χ0v) is 16.0. The van der Waals surface area contributed by atoms with Crippen molar-refractivity contribution in [2.24, 2.45) is 5.92 Å². The summed E-state index contributed by atoms with van der Waals surface area (Å²) in [6.45, 7) is 5.01. The summed E-state index contributed by atoms with van der Waals surface area (Å²) in [4.78, 5) is 17.7. The average molecular weight is 368 g/mol. The SMILES string of the molecule is CN(C(=O)c1n[nH]c2ccc(C3CCOCC3)cc12)C1CN2CCC1CC2. The topological polar surface area (TPSA) is 61.5 Å². The summed E-state index contributed by atoms with van der Waals surface area (Å²) >= 11 is 0. The lowest BCUT2D eigenvalue weighted by Crippen LogP contribution is -2.57. The van der Waals surface area contributed by atoms with E-state index in [9.17, 15) is 4.79 Å². The van der Waals surface area contributed by atoms with Gasteiger partial charge in [-0.3, -0.25) is 9.89 Å². The maximum atomic E-state index is 13.3. The first kappa shape index (κ1) is 17.2. The number of aromatic nitrogens is 2. The van der Waals surface area contributed by atoms with Gasteiger partial charge in [0.25, 0.3) is 5.91 Å². The number of nitrogens with one attached hydrogen (secondary N) is 1. The maximum absolute atomic E-state index is 13.3. The van der Waals surface area contributed by atoms with Gasteiger partial charge in [-0.25, -0.2) is 0 Å². The zero-order valence-electron chi connectivity index (χ0n) is 16.0. The molecule has 2 aromatic rings. The molecule has 0 radical (unpaired) electrons. The second-order valence-electron chi connectivity index (χ2n) is 8.39. The highest BCUT2D eigenvalue weighted by molar-refractivity contribution is 6.04. The number of benzene rings is 1. The van der Waals surface area contributed by atoms with Crippen LogP contribution in [0.25, 0.3) is 10.9 Å². The largest absolute Gasteiger partial charge is 0.381 e. The van der Waals surface area contributed by atoms with Crippen LogP contribution in [0.1, 0.15) is 47.7 Å². The normalized spacial score (nSPS) is 28.6. The number of nitrogens with zero attached hydrogens (tertiary/aromatic N) is 3. The number of piperidine rings is 3. The minimum absolute atomic E-state index is 0.0455. The van der Waals surface area contributed by atoms with Crippen molar-refractivity contribution in [3.05, 3.63) is 29.5 Å². The number of amides is 1. The molecule has 0 spiro atoms. The van der Waals surface area contributed by atoms with Gasteiger partial charge in [-0.05, 0) is 68.3 Å². The molecule has 4 aliphatic rings. The van der Waals surface area contributed by atoms with Crippen molar-refractivity contribution in [2.45, 2.75) is 37.6 Å². The lowest BCUT2D eigenvalue weighted by atomic mass is 9.83. The molecular formula is C21H28N4O2. The number of hydrogen-bond donors (Lipinski definition) is 1. The molecule has 6 rings (SSSR count). The number of aromatic amines is 1. The third-order valence-corrected chi connectivity index (χ3v) is 6.92. The van der Waals surface area contributed by atoms with Gasteiger partial charge < -0.3 is 14.5 Å². The second kappa shape index (κ2) is 6.91. The summed E-state index contributed by atoms with van der Waals surface area (Å²) in [5.74, 6) is 1.19. The number of hydrogen-bond acceptors (Lipinski definition) is 4. The van der Waals surface area contributed by atoms with E-state index in [-0.39, 0.29) is 5.91 Å². The number of ether oxygens (including phenoxy) is 1. The van der Waals surface area contributed by atoms with Crippen LogP contribution in [0.5, 0.6) is 0 Å². The Morgan fingerprint density at radius 3 is 2.70 bits per heavy atom. The van der Waals surface area contributed by atoms with Gasteiger partial charge in [0.05, 0.1) is 5.52 Å². The first-order chi connectivity index (χ1) is 13.2. The first-order valence-corrected chi connectivity index (χ1v) is 10.3. The molecule has 6 heteroatoms. The van der Waals surface area contributed by atoms with Crippen molar-refractivity contribution in [1.82, 2.24) is 20.0 Å². The molecule has 2 bridgehead atoms. The van der Waals surface area contributed by atoms with Crippen LogP contribution in [0.4, 0.5) is 0 Å². The third-order valence-electron chi connectivity index (χ3n) is 6.92. The highest BCUT2D eigenvalue weighted by Gasteiger charge is 2.38. The fraction of sp³-hybridized carbons (Fsp3) is 0.619. The minimum atomic E-state index is 0.0455. The zero-order chi connectivity index (χ0) is 18.4. The van der Waals surface area contributed by atoms with E-state index in [0.717, 1.165) is 43.5 Å². The molecule has 0 saturated carbocycles. The maximum Gasteiger partial charge on any atom is 0.275 e. The number of rotatable bonds is 3. The van der Waals surface area contributed by atoms with Crippen molar-refractivity contribution in [3.63, 3.8) is 0 Å². The first-order valence-electron chi connectivity index (χ1n) is 10.3. The van der Waals surface area contributed by atoms with Crippen molar-refractivity contribution < 1.29 is 9.53 Å². The van der Waals surface area contributed by atoms with Crippen LogP contribution in [0.3, 0.4) is 0 Å². The minimum Gasteiger partial charge on any atom is -0.381 e. The molecule has 1 aromatic carbocycles. The molecule has 0 aliphatic carbocycles. The van der Waals surface area contributed by atoms with Gasteiger partial charge in [0, 0.05) is 38.2 Å². The molecule has 4 fully saturated rings. The molecule has 144 valence electrons. The van der Waals surface area contributed by atoms with E-state index in [1.807, 2.05) is 11.9 Å². The summed E-state index contributed by atoms with van der Waals surface area (Å²) in [5.41, 5.74) is 2.81. The quantitative estimate of drug-likeness (QED) is 0.905. The number of carbonyl (C=O) groups is 1. The second-order valence-corrected chi connectivity index (χ2v) is 8.39. The number of likely N-dealkylation sites (N-methyl/N-ethyl adjacent to an activating group) is 1. The number of H-pyrrole nitrogens is 1. The van der Waals surface area contributed by atoms with Gasteiger partial charge in [0.15, 0.2) is 5.69 Å². The Morgan fingerprint density at radius 2 is 2.00 bits per heavy atom. The van der Waals surface area contributed by atoms with Crippen LogP contribution >= 0.6 is 0 Å². The number of fused-ring (bicyclic) bond motifs is 4. The predicted molar refractivity (Wildman–Crippen MR) is 104 cm³/mol. The highest BCUT2D eigenvalue weighted by atomic mass is 16.5. The molecule has 1 amide bonds. The molecule has 6 nitrogen and oxygen atoms in total. The van der Waals surface area contributed by atoms with Crippen LogP contribution in [0.15, 0.2) is 18.2 Å². The van der Waals surface area contributed by atoms with E-state index < -0.39 is 0 Å². The van der Waals surface area contributed by atoms with E-state index in [2.05, 4.69) is 33.3 Å². The van der Waals surface area contributed by atoms with Crippen LogP contribution in [0.2, 0.25) is 0 Å². The fourth-order valence-electron chi connectivity index (χ4n) is 5.17. The van der Waals surface area contributed by atoms with Crippen LogP contribution in [0, 0.1) is 5.92 Å². The summed E-state index contributed by atoms with van der Waals surface area (Å²) in [6.07, 6.45) is 4.51. The Morgan fingerprint density at radius 1 is 1.22 bits per heavy atom. The number of carbonyl (C=O) groups excluding carboxylic acids is 1. The molecule has 5 heterocycles. The predicted octanol–water partition coefficient (Wildman–Crippen LogP) is 2.62. The molecule has 4 saturated heterocycles. The molecule has 1 aromatic heterocycles. The van der Waals surface area contributed by atoms with Crippen molar-refractivity contribution >= 4 is 16.8 Å². The van der Waals surface area contributed by atoms with Gasteiger partial charge in [0.1, 0.15) is 0 Å². The standard InChI is InChI=1S/C21H28N4O2/c1-24(19-13-25-8-4-15(19)5-9-25)21(26)20-17-12-16(2-3-18(17)22-23-20)14-6-10-27-11-7-14/h2-3,12,14-15,19H,4-11,13H2,1H3,(H,22,23). The lowest BCUT2D eigenvalue weighted by molar-refractivity contribution is 0.0160. The summed E-state index contributed by atoms with van der Waals surface area (Å²) in [7, 11) is 1.96. The van der Waals surface area contributed by atoms with Crippen molar-refractivity contribution in [2.75, 3.05) is 39.9 Å². The van der Waals surface area contributed by atoms with Crippen molar-refractivity contribution in [1.29, 1.82) is 0 Å². The summed E-state index contributed by atoms with van der Waals surface area (Å²) < 4.78 is 5.50. The van der Waals surface area contributed by atoms with E-state index in [1.165, 1.54) is 31.5 Å². The van der Waals surface area contributed by atoms with Gasteiger partial charge >= 0.3 is 0 Å². The Bertz CT molecular complexity index is 834. The highest BCUT2D eigenvalue weighted by Crippen LogP contribution is 2.33. The van der Waals surface area contributed by atoms with E-state index >= 15 is 0 Å². The van der Waals surface area contributed by atoms with Crippen LogP contribution in [-0.2, 0) is 4.74 Å². The summed E-state index contributed by atoms with van der Waals surface area (Å²) in [5, 5.41) is 8.42. The average Bonchev–Trinajstić information content (AvgIpc) is 3.17. The lowest BCUT2D eigenvalue weighted by Gasteiger charge is -2.47. The van der Waals surface area contributed by atoms with Crippen molar-refractivity contribution in [3.8, 4) is 0 Å².